The van der Waals surface area contributed by atoms with E-state index in [1.807, 2.05) is 32.1 Å². The van der Waals surface area contributed by atoms with Crippen molar-refractivity contribution in [1.82, 2.24) is 0 Å². The van der Waals surface area contributed by atoms with Crippen LogP contribution in [0.4, 0.5) is 0 Å². The molecular weight excluding hydrogens is 444 g/mol. The molecule has 0 spiro atoms. The van der Waals surface area contributed by atoms with Crippen LogP contribution in [0.5, 0.6) is 0 Å². The third-order valence-electron chi connectivity index (χ3n) is 6.16. The van der Waals surface area contributed by atoms with Crippen LogP contribution < -0.4 is 0 Å². The largest absolute Gasteiger partial charge is 0.0877 e. The van der Waals surface area contributed by atoms with E-state index in [0.29, 0.717) is 0 Å². The molecule has 0 aromatic rings. The third kappa shape index (κ3) is 11.5. The highest BCUT2D eigenvalue weighted by molar-refractivity contribution is 5.51. The van der Waals surface area contributed by atoms with Gasteiger partial charge in [-0.25, -0.2) is 0 Å². The molecule has 0 heterocycles. The van der Waals surface area contributed by atoms with Crippen molar-refractivity contribution in [3.63, 3.8) is 0 Å². The highest BCUT2D eigenvalue weighted by Gasteiger charge is 2.16. The van der Waals surface area contributed by atoms with E-state index in [0.717, 1.165) is 0 Å². The zero-order chi connectivity index (χ0) is 27.4. The van der Waals surface area contributed by atoms with E-state index < -0.39 is 0 Å². The molecule has 3 aliphatic rings. The van der Waals surface area contributed by atoms with Crippen LogP contribution >= 0.6 is 0 Å². The van der Waals surface area contributed by atoms with Gasteiger partial charge in [-0.3, -0.25) is 0 Å². The minimum atomic E-state index is 0.127. The summed E-state index contributed by atoms with van der Waals surface area (Å²) in [4.78, 5) is 0. The second kappa shape index (κ2) is 13.8. The first-order chi connectivity index (χ1) is 17.5. The molecule has 0 saturated heterocycles. The normalized spacial score (nSPS) is 21.8. The van der Waals surface area contributed by atoms with E-state index in [1.165, 1.54) is 22.3 Å². The van der Waals surface area contributed by atoms with Crippen LogP contribution in [0.3, 0.4) is 0 Å². The molecule has 0 heteroatoms. The Kier molecular flexibility index (Phi) is 11.1. The molecule has 0 unspecified atom stereocenters. The fourth-order valence-electron chi connectivity index (χ4n) is 3.61. The molecule has 0 amide bonds. The molecule has 0 radical (unpaired) electrons. The molecule has 0 aromatic heterocycles. The highest BCUT2D eigenvalue weighted by Crippen LogP contribution is 2.31. The van der Waals surface area contributed by atoms with E-state index in [1.54, 1.807) is 0 Å². The summed E-state index contributed by atoms with van der Waals surface area (Å²) in [6, 6.07) is 0. The van der Waals surface area contributed by atoms with Crippen molar-refractivity contribution in [2.45, 2.75) is 55.4 Å². The first kappa shape index (κ1) is 29.8. The maximum Gasteiger partial charge on any atom is 0.00111 e. The zero-order valence-corrected chi connectivity index (χ0v) is 24.2. The van der Waals surface area contributed by atoms with Crippen molar-refractivity contribution >= 4 is 0 Å². The molecule has 0 bridgehead atoms. The molecular formula is C37H46. The fourth-order valence-corrected chi connectivity index (χ4v) is 3.61. The number of allylic oxidation sites excluding steroid dienone is 26. The Labute approximate surface area is 227 Å². The summed E-state index contributed by atoms with van der Waals surface area (Å²) in [5.41, 5.74) is 5.44. The third-order valence-corrected chi connectivity index (χ3v) is 6.16. The lowest BCUT2D eigenvalue weighted by Gasteiger charge is -2.14. The second-order valence-electron chi connectivity index (χ2n) is 11.5. The lowest BCUT2D eigenvalue weighted by molar-refractivity contribution is 0.624. The number of rotatable bonds is 5. The summed E-state index contributed by atoms with van der Waals surface area (Å²) >= 11 is 0. The van der Waals surface area contributed by atoms with Crippen molar-refractivity contribution in [2.24, 2.45) is 16.2 Å². The standard InChI is InChI=1S/C21H26.C16H20/c1-5-7-9-12-19(11-8-6-2)14-15-20-13-10-17-21(3,4)18-16-20;1-15(2)9-5-13-7-11-16(3,4)12-8-14(13)6-10-15/h5-18H,1-4H3;5-12H,1-4H3/b7-5-,8-6+,12-9-,15-14+,19-11+;. The predicted octanol–water partition coefficient (Wildman–Crippen LogP) is 10.8. The minimum Gasteiger partial charge on any atom is -0.0877 e. The van der Waals surface area contributed by atoms with Gasteiger partial charge in [0.2, 0.25) is 0 Å². The zero-order valence-electron chi connectivity index (χ0n) is 24.2. The molecule has 194 valence electrons. The van der Waals surface area contributed by atoms with Gasteiger partial charge in [0.1, 0.15) is 0 Å². The first-order valence-electron chi connectivity index (χ1n) is 13.4. The van der Waals surface area contributed by atoms with Crippen molar-refractivity contribution in [3.05, 3.63) is 156 Å². The van der Waals surface area contributed by atoms with Crippen LogP contribution in [0.2, 0.25) is 0 Å². The van der Waals surface area contributed by atoms with E-state index >= 15 is 0 Å². The monoisotopic (exact) mass is 490 g/mol. The summed E-state index contributed by atoms with van der Waals surface area (Å²) in [7, 11) is 0. The summed E-state index contributed by atoms with van der Waals surface area (Å²) in [6.07, 6.45) is 47.6. The Morgan fingerprint density at radius 3 is 1.57 bits per heavy atom. The van der Waals surface area contributed by atoms with Crippen LogP contribution in [0, 0.1) is 16.2 Å². The van der Waals surface area contributed by atoms with E-state index in [2.05, 4.69) is 157 Å². The molecule has 0 aliphatic heterocycles. The molecule has 0 N–H and O–H groups in total. The summed E-state index contributed by atoms with van der Waals surface area (Å²) in [6.45, 7) is 17.4. The van der Waals surface area contributed by atoms with Crippen molar-refractivity contribution < 1.29 is 0 Å². The molecule has 37 heavy (non-hydrogen) atoms. The molecule has 3 aliphatic carbocycles. The molecule has 0 fully saturated rings. The molecule has 3 rings (SSSR count). The van der Waals surface area contributed by atoms with Crippen LogP contribution in [0.15, 0.2) is 156 Å². The predicted molar refractivity (Wildman–Crippen MR) is 167 cm³/mol. The van der Waals surface area contributed by atoms with Gasteiger partial charge in [0.05, 0.1) is 0 Å². The number of hydrogen-bond donors (Lipinski definition) is 0. The summed E-state index contributed by atoms with van der Waals surface area (Å²) < 4.78 is 0. The maximum absolute atomic E-state index is 2.27. The Hall–Kier alpha value is -3.38. The van der Waals surface area contributed by atoms with Gasteiger partial charge < -0.3 is 0 Å². The minimum absolute atomic E-state index is 0.127. The van der Waals surface area contributed by atoms with Crippen LogP contribution in [-0.2, 0) is 0 Å². The topological polar surface area (TPSA) is 0 Å². The Bertz CT molecular complexity index is 1100. The SMILES string of the molecule is C/C=C\C=C/C(/C=C/C1=CC=CC(C)(C)C=C1)=C\C=C\C.CC1(C)C=CC2=C(C=C1)C=CC(C)(C)C=C2. The average Bonchev–Trinajstić information content (AvgIpc) is 3.17. The van der Waals surface area contributed by atoms with Gasteiger partial charge in [0, 0.05) is 16.2 Å². The second-order valence-corrected chi connectivity index (χ2v) is 11.5. The van der Waals surface area contributed by atoms with Crippen molar-refractivity contribution in [1.29, 1.82) is 0 Å². The summed E-state index contributed by atoms with van der Waals surface area (Å²) in [5.74, 6) is 0. The van der Waals surface area contributed by atoms with Gasteiger partial charge in [-0.2, -0.15) is 0 Å². The molecule has 0 atom stereocenters. The lowest BCUT2D eigenvalue weighted by Crippen LogP contribution is -2.02. The van der Waals surface area contributed by atoms with Crippen molar-refractivity contribution in [2.75, 3.05) is 0 Å². The molecule has 0 saturated carbocycles. The van der Waals surface area contributed by atoms with Gasteiger partial charge in [-0.1, -0.05) is 175 Å². The van der Waals surface area contributed by atoms with Crippen LogP contribution in [0.1, 0.15) is 55.4 Å². The van der Waals surface area contributed by atoms with Crippen LogP contribution in [-0.4, -0.2) is 0 Å². The first-order valence-corrected chi connectivity index (χ1v) is 13.4. The Morgan fingerprint density at radius 2 is 1.05 bits per heavy atom. The van der Waals surface area contributed by atoms with Gasteiger partial charge in [0.25, 0.3) is 0 Å². The molecule has 0 nitrogen and oxygen atoms in total. The molecule has 0 aromatic carbocycles. The number of hydrogen-bond acceptors (Lipinski definition) is 0. The van der Waals surface area contributed by atoms with Gasteiger partial charge in [-0.15, -0.1) is 0 Å². The van der Waals surface area contributed by atoms with Crippen molar-refractivity contribution in [3.8, 4) is 0 Å². The Morgan fingerprint density at radius 1 is 0.568 bits per heavy atom. The maximum atomic E-state index is 2.27. The smallest absolute Gasteiger partial charge is 0.00111 e. The van der Waals surface area contributed by atoms with Gasteiger partial charge >= 0.3 is 0 Å². The van der Waals surface area contributed by atoms with Gasteiger partial charge in [-0.05, 0) is 36.1 Å². The van der Waals surface area contributed by atoms with E-state index in [-0.39, 0.29) is 16.2 Å². The fraction of sp³-hybridized carbons (Fsp3) is 0.297. The lowest BCUT2D eigenvalue weighted by atomic mass is 9.91. The van der Waals surface area contributed by atoms with E-state index in [9.17, 15) is 0 Å². The highest BCUT2D eigenvalue weighted by atomic mass is 14.2. The average molecular weight is 491 g/mol. The summed E-state index contributed by atoms with van der Waals surface area (Å²) in [5, 5.41) is 0. The quantitative estimate of drug-likeness (QED) is 0.336. The van der Waals surface area contributed by atoms with Crippen LogP contribution in [0.25, 0.3) is 0 Å². The van der Waals surface area contributed by atoms with Gasteiger partial charge in [0.15, 0.2) is 0 Å². The van der Waals surface area contributed by atoms with E-state index in [4.69, 9.17) is 0 Å². The Balaban J connectivity index is 0.000000269.